The molecule has 0 atom stereocenters. The van der Waals surface area contributed by atoms with E-state index in [4.69, 9.17) is 11.6 Å². The van der Waals surface area contributed by atoms with E-state index in [-0.39, 0.29) is 30.5 Å². The summed E-state index contributed by atoms with van der Waals surface area (Å²) in [6, 6.07) is 11.2. The summed E-state index contributed by atoms with van der Waals surface area (Å²) >= 11 is 6.02. The number of carbonyl (C=O) groups excluding carboxylic acids is 2. The molecule has 0 aliphatic heterocycles. The van der Waals surface area contributed by atoms with Crippen LogP contribution in [0.3, 0.4) is 0 Å². The molecule has 0 unspecified atom stereocenters. The van der Waals surface area contributed by atoms with Crippen molar-refractivity contribution in [2.24, 2.45) is 0 Å². The van der Waals surface area contributed by atoms with Gasteiger partial charge in [0.15, 0.2) is 0 Å². The van der Waals surface area contributed by atoms with Crippen LogP contribution in [-0.2, 0) is 9.59 Å². The number of benzene rings is 2. The van der Waals surface area contributed by atoms with Gasteiger partial charge in [-0.25, -0.2) is 4.39 Å². The second-order valence-electron chi connectivity index (χ2n) is 5.38. The van der Waals surface area contributed by atoms with E-state index in [1.54, 1.807) is 30.3 Å². The van der Waals surface area contributed by atoms with Crippen LogP contribution in [0.15, 0.2) is 42.5 Å². The Morgan fingerprint density at radius 1 is 1.21 bits per heavy atom. The molecule has 2 rings (SSSR count). The fourth-order valence-electron chi connectivity index (χ4n) is 2.23. The summed E-state index contributed by atoms with van der Waals surface area (Å²) in [5.74, 6) is -1.11. The van der Waals surface area contributed by atoms with Gasteiger partial charge < -0.3 is 10.2 Å². The minimum absolute atomic E-state index is 0.0411. The average molecular weight is 349 g/mol. The summed E-state index contributed by atoms with van der Waals surface area (Å²) in [6.45, 7) is 3.29. The molecule has 0 saturated carbocycles. The number of amides is 2. The van der Waals surface area contributed by atoms with Crippen LogP contribution < -0.4 is 10.2 Å². The number of halogens is 2. The maximum Gasteiger partial charge on any atom is 0.226 e. The van der Waals surface area contributed by atoms with Gasteiger partial charge in [0, 0.05) is 30.6 Å². The largest absolute Gasteiger partial charge is 0.326 e. The molecule has 0 aliphatic carbocycles. The van der Waals surface area contributed by atoms with Gasteiger partial charge in [-0.2, -0.15) is 0 Å². The van der Waals surface area contributed by atoms with Crippen LogP contribution in [0.5, 0.6) is 0 Å². The van der Waals surface area contributed by atoms with Gasteiger partial charge in [0.2, 0.25) is 11.8 Å². The van der Waals surface area contributed by atoms with Gasteiger partial charge in [0.1, 0.15) is 5.82 Å². The molecule has 0 aliphatic rings. The Hall–Kier alpha value is -2.40. The van der Waals surface area contributed by atoms with Crippen molar-refractivity contribution >= 4 is 34.8 Å². The van der Waals surface area contributed by atoms with Gasteiger partial charge in [-0.05, 0) is 36.8 Å². The summed E-state index contributed by atoms with van der Waals surface area (Å²) in [6.07, 6.45) is 0.0411. The van der Waals surface area contributed by atoms with Gasteiger partial charge in [-0.15, -0.1) is 0 Å². The highest BCUT2D eigenvalue weighted by molar-refractivity contribution is 6.31. The number of carbonyl (C=O) groups is 2. The van der Waals surface area contributed by atoms with E-state index >= 15 is 0 Å². The zero-order chi connectivity index (χ0) is 17.7. The van der Waals surface area contributed by atoms with Crippen molar-refractivity contribution in [3.05, 3.63) is 58.9 Å². The molecule has 6 heteroatoms. The third-order valence-corrected chi connectivity index (χ3v) is 3.95. The lowest BCUT2D eigenvalue weighted by molar-refractivity contribution is -0.117. The monoisotopic (exact) mass is 348 g/mol. The molecule has 2 amide bonds. The molecule has 2 aromatic rings. The molecule has 126 valence electrons. The van der Waals surface area contributed by atoms with Crippen LogP contribution in [0.4, 0.5) is 15.8 Å². The Morgan fingerprint density at radius 3 is 2.54 bits per heavy atom. The van der Waals surface area contributed by atoms with E-state index in [1.807, 2.05) is 6.92 Å². The first-order chi connectivity index (χ1) is 11.4. The lowest BCUT2D eigenvalue weighted by atomic mass is 10.2. The molecule has 0 heterocycles. The predicted molar refractivity (Wildman–Crippen MR) is 93.9 cm³/mol. The molecule has 0 spiro atoms. The van der Waals surface area contributed by atoms with Crippen LogP contribution in [0.25, 0.3) is 0 Å². The van der Waals surface area contributed by atoms with Crippen LogP contribution in [0, 0.1) is 12.7 Å². The Morgan fingerprint density at radius 2 is 1.92 bits per heavy atom. The van der Waals surface area contributed by atoms with Crippen molar-refractivity contribution in [1.82, 2.24) is 0 Å². The maximum absolute atomic E-state index is 13.8. The van der Waals surface area contributed by atoms with Gasteiger partial charge >= 0.3 is 0 Å². The molecule has 0 saturated heterocycles. The number of para-hydroxylation sites is 1. The average Bonchev–Trinajstić information content (AvgIpc) is 2.52. The fourth-order valence-corrected chi connectivity index (χ4v) is 2.41. The number of nitrogens with zero attached hydrogens (tertiary/aromatic N) is 1. The number of anilines is 2. The summed E-state index contributed by atoms with van der Waals surface area (Å²) in [7, 11) is 0. The van der Waals surface area contributed by atoms with Crippen molar-refractivity contribution in [2.75, 3.05) is 16.8 Å². The van der Waals surface area contributed by atoms with Crippen LogP contribution in [0.1, 0.15) is 18.9 Å². The molecule has 2 aromatic carbocycles. The molecule has 0 bridgehead atoms. The lowest BCUT2D eigenvalue weighted by Crippen LogP contribution is -2.32. The van der Waals surface area contributed by atoms with Crippen LogP contribution in [-0.4, -0.2) is 18.4 Å². The summed E-state index contributed by atoms with van der Waals surface area (Å²) in [5.41, 5.74) is 1.66. The quantitative estimate of drug-likeness (QED) is 0.881. The highest BCUT2D eigenvalue weighted by atomic mass is 35.5. The van der Waals surface area contributed by atoms with E-state index in [2.05, 4.69) is 5.32 Å². The summed E-state index contributed by atoms with van der Waals surface area (Å²) in [5, 5.41) is 3.27. The van der Waals surface area contributed by atoms with Crippen molar-refractivity contribution < 1.29 is 14.0 Å². The third kappa shape index (κ3) is 4.55. The highest BCUT2D eigenvalue weighted by Crippen LogP contribution is 2.21. The Balaban J connectivity index is 2.01. The van der Waals surface area contributed by atoms with Crippen LogP contribution in [0.2, 0.25) is 5.02 Å². The predicted octanol–water partition coefficient (Wildman–Crippen LogP) is 4.17. The first kappa shape index (κ1) is 17.9. The van der Waals surface area contributed by atoms with E-state index in [0.29, 0.717) is 10.7 Å². The van der Waals surface area contributed by atoms with Crippen molar-refractivity contribution in [2.45, 2.75) is 20.3 Å². The summed E-state index contributed by atoms with van der Waals surface area (Å²) < 4.78 is 13.8. The first-order valence-electron chi connectivity index (χ1n) is 7.47. The minimum Gasteiger partial charge on any atom is -0.326 e. The lowest BCUT2D eigenvalue weighted by Gasteiger charge is -2.21. The molecule has 0 aromatic heterocycles. The normalized spacial score (nSPS) is 10.3. The Labute approximate surface area is 145 Å². The second kappa shape index (κ2) is 7.93. The fraction of sp³-hybridized carbons (Fsp3) is 0.222. The molecular formula is C18H18ClFN2O2. The molecule has 4 nitrogen and oxygen atoms in total. The van der Waals surface area contributed by atoms with E-state index < -0.39 is 5.82 Å². The van der Waals surface area contributed by atoms with Gasteiger partial charge in [-0.3, -0.25) is 9.59 Å². The van der Waals surface area contributed by atoms with Gasteiger partial charge in [0.05, 0.1) is 5.69 Å². The maximum atomic E-state index is 13.8. The standard InChI is InChI=1S/C18H18ClFN2O2/c1-12-7-8-14(11-15(12)19)21-18(24)9-10-22(13(2)23)17-6-4-3-5-16(17)20/h3-8,11H,9-10H2,1-2H3,(H,21,24). The first-order valence-corrected chi connectivity index (χ1v) is 7.85. The number of nitrogens with one attached hydrogen (secondary N) is 1. The minimum atomic E-state index is -0.501. The van der Waals surface area contributed by atoms with Crippen LogP contribution >= 0.6 is 11.6 Å². The van der Waals surface area contributed by atoms with Crippen molar-refractivity contribution in [3.63, 3.8) is 0 Å². The van der Waals surface area contributed by atoms with Crippen molar-refractivity contribution in [1.29, 1.82) is 0 Å². The highest BCUT2D eigenvalue weighted by Gasteiger charge is 2.16. The van der Waals surface area contributed by atoms with Gasteiger partial charge in [-0.1, -0.05) is 29.8 Å². The summed E-state index contributed by atoms with van der Waals surface area (Å²) in [4.78, 5) is 25.1. The molecule has 0 radical (unpaired) electrons. The topological polar surface area (TPSA) is 49.4 Å². The smallest absolute Gasteiger partial charge is 0.226 e. The molecule has 24 heavy (non-hydrogen) atoms. The molecule has 0 fully saturated rings. The zero-order valence-electron chi connectivity index (χ0n) is 13.5. The number of hydrogen-bond acceptors (Lipinski definition) is 2. The Kier molecular flexibility index (Phi) is 5.93. The zero-order valence-corrected chi connectivity index (χ0v) is 14.2. The van der Waals surface area contributed by atoms with Gasteiger partial charge in [0.25, 0.3) is 0 Å². The number of rotatable bonds is 5. The van der Waals surface area contributed by atoms with E-state index in [1.165, 1.54) is 24.0 Å². The van der Waals surface area contributed by atoms with Crippen molar-refractivity contribution in [3.8, 4) is 0 Å². The number of hydrogen-bond donors (Lipinski definition) is 1. The second-order valence-corrected chi connectivity index (χ2v) is 5.79. The van der Waals surface area contributed by atoms with E-state index in [9.17, 15) is 14.0 Å². The molecule has 1 N–H and O–H groups in total. The van der Waals surface area contributed by atoms with E-state index in [0.717, 1.165) is 5.56 Å². The molecular weight excluding hydrogens is 331 g/mol. The third-order valence-electron chi connectivity index (χ3n) is 3.54. The Bertz CT molecular complexity index is 764. The SMILES string of the molecule is CC(=O)N(CCC(=O)Nc1ccc(C)c(Cl)c1)c1ccccc1F. The number of aryl methyl sites for hydroxylation is 1.